The second-order valence-corrected chi connectivity index (χ2v) is 34.7. The van der Waals surface area contributed by atoms with Gasteiger partial charge in [0.1, 0.15) is 42.3 Å². The fraction of sp³-hybridized carbons (Fsp3) is 0.534. The van der Waals surface area contributed by atoms with Crippen LogP contribution in [-0.2, 0) is 73.5 Å². The van der Waals surface area contributed by atoms with Crippen LogP contribution in [0.5, 0.6) is 28.7 Å². The van der Waals surface area contributed by atoms with Crippen molar-refractivity contribution in [3.05, 3.63) is 101 Å². The second-order valence-electron chi connectivity index (χ2n) is 32.5. The number of phenols is 1. The van der Waals surface area contributed by atoms with Gasteiger partial charge in [-0.05, 0) is 205 Å². The van der Waals surface area contributed by atoms with Gasteiger partial charge < -0.3 is 139 Å². The molecule has 13 atom stereocenters. The molecule has 9 rings (SSSR count). The predicted octanol–water partition coefficient (Wildman–Crippen LogP) is 0.125. The molecule has 0 radical (unpaired) electrons. The van der Waals surface area contributed by atoms with E-state index in [2.05, 4.69) is 68.1 Å². The van der Waals surface area contributed by atoms with Crippen LogP contribution in [0.25, 0.3) is 10.9 Å². The molecule has 42 nitrogen and oxygen atoms in total. The first-order valence-corrected chi connectivity index (χ1v) is 46.6. The molecular weight excluding hydrogens is 1750 g/mol. The van der Waals surface area contributed by atoms with Gasteiger partial charge >= 0.3 is 5.97 Å². The van der Waals surface area contributed by atoms with Crippen molar-refractivity contribution in [3.63, 3.8) is 0 Å². The number of cyclic esters (lactones) is 1. The van der Waals surface area contributed by atoms with Gasteiger partial charge in [-0.3, -0.25) is 77.2 Å². The number of esters is 1. The highest BCUT2D eigenvalue weighted by Gasteiger charge is 2.53. The molecule has 5 aromatic rings. The normalized spacial score (nSPS) is 17.5. The molecule has 2 fully saturated rings. The molecule has 0 bridgehead atoms. The van der Waals surface area contributed by atoms with Crippen LogP contribution >= 0.6 is 23.5 Å². The van der Waals surface area contributed by atoms with E-state index >= 15 is 0 Å². The molecule has 4 aromatic carbocycles. The highest BCUT2D eigenvalue weighted by molar-refractivity contribution is 8.00. The maximum Gasteiger partial charge on any atom is 0.310 e. The number of unbranched alkanes of at least 4 members (excludes halogenated alkanes) is 3. The van der Waals surface area contributed by atoms with Crippen molar-refractivity contribution in [3.8, 4) is 28.7 Å². The summed E-state index contributed by atoms with van der Waals surface area (Å²) in [6.45, 7) is 4.56. The lowest BCUT2D eigenvalue weighted by Gasteiger charge is -2.40. The number of nitrogens with zero attached hydrogens (tertiary/aromatic N) is 3. The minimum absolute atomic E-state index is 0.00364. The molecule has 1 aliphatic carbocycles. The number of methoxy groups -OCH3 is 2. The Hall–Kier alpha value is -12.4. The summed E-state index contributed by atoms with van der Waals surface area (Å²) in [6.07, 6.45) is 7.23. The average Bonchev–Trinajstić information content (AvgIpc) is 1.50. The number of benzene rings is 4. The third-order valence-corrected chi connectivity index (χ3v) is 24.6. The number of aromatic nitrogens is 1. The lowest BCUT2D eigenvalue weighted by atomic mass is 9.65. The minimum Gasteiger partial charge on any atom is -0.502 e. The van der Waals surface area contributed by atoms with Crippen LogP contribution in [0.4, 0.5) is 11.4 Å². The summed E-state index contributed by atoms with van der Waals surface area (Å²) in [7, 11) is 2.90. The number of phenolic OH excluding ortho intramolecular Hbond substituents is 1. The number of aromatic amines is 1. The Kier molecular flexibility index (Phi) is 42.3. The standard InChI is InChI=1S/C51H89N19O9S.C37H40N4O10S/c1-31(71)60-27-20-42(72)64-36(18-11-25-61-50(56)57)44(74)67-39(19-12-26-62-51(58)59)46(76)69-40(21-28-80-2)48(78)66-38(17-7-10-24-54)47(77)70-41(29-32-30-63-34-14-4-3-13-33(32)34)49(79)68-37(16-6-9-23-53)45(75)65-35(43(55)73)15-5-8-22-52;1-18(38)16-52-29-14-31(43)41(36(29)45)9-8-30(42)39-20-4-6-21(7-5-20)40-34-23-13-26-25(50-17-51-26)12-22(23)32(33-24(34)15-49-37(33)46)19-10-27(47-2)35(44)28(11-19)48-3/h3-4,13-14,30,35-41,63H,5-12,15-29,52-54H2,1-2H3,(H2,55,73)(H,60,71)(H,64,72)(H,65,75)(H,66,78)(H,67,74)(H,68,79)(H,69,76)(H,70,77)(H4,56,57,61)(H4,58,59,62);4-7,10-13,18,24,29,32-34,40,44H,8-9,14-17,38H2,1-3H3,(H,39,42)/t35-,36-,37-,38-,39-,40-,41-;18-,24+,29?,32-,33+,34-/m01/s1. The van der Waals surface area contributed by atoms with E-state index < -0.39 is 107 Å². The Morgan fingerprint density at radius 1 is 0.606 bits per heavy atom. The van der Waals surface area contributed by atoms with E-state index in [1.165, 1.54) is 44.7 Å². The van der Waals surface area contributed by atoms with Gasteiger partial charge in [0.05, 0.1) is 38.0 Å². The number of rotatable bonds is 54. The summed E-state index contributed by atoms with van der Waals surface area (Å²) >= 11 is 2.76. The number of aliphatic imine (C=N–C) groups is 2. The number of thioether (sulfide) groups is 2. The number of carbonyl (C=O) groups excluding carboxylic acids is 13. The monoisotopic (exact) mass is 1880 g/mol. The number of nitrogens with one attached hydrogen (secondary N) is 11. The van der Waals surface area contributed by atoms with E-state index in [-0.39, 0.29) is 200 Å². The first kappa shape index (κ1) is 105. The number of para-hydroxylation sites is 1. The fourth-order valence-electron chi connectivity index (χ4n) is 15.7. The topological polar surface area (TPSA) is 687 Å². The van der Waals surface area contributed by atoms with E-state index in [4.69, 9.17) is 75.3 Å². The average molecular weight is 1880 g/mol. The summed E-state index contributed by atoms with van der Waals surface area (Å²) in [5.41, 5.74) is 55.9. The number of H-pyrrole nitrogens is 1. The van der Waals surface area contributed by atoms with Crippen LogP contribution in [0.1, 0.15) is 157 Å². The van der Waals surface area contributed by atoms with Crippen LogP contribution < -0.4 is 124 Å². The number of hydrogen-bond donors (Lipinski definition) is 21. The fourth-order valence-corrected chi connectivity index (χ4v) is 17.3. The quantitative estimate of drug-likeness (QED) is 0.00808. The van der Waals surface area contributed by atoms with Crippen LogP contribution in [-0.4, -0.2) is 249 Å². The molecule has 0 spiro atoms. The van der Waals surface area contributed by atoms with Crippen molar-refractivity contribution < 1.29 is 91.1 Å². The SMILES string of the molecule is COc1cc([C@@H]2c3cc4c(cc3[C@@H](Nc3ccc(NC(=O)CCN5C(=O)CC(SC[C@@H](C)N)C5=O)cc3)[C@H]3COC(=O)[C@H]23)OCO4)cc(OC)c1O.CSCC[C@H](NC(=O)[C@H](CCCN=C(N)N)NC(=O)[C@H](CCCN=C(N)N)NC(=O)CCNC(C)=O)C(=O)N[C@@H](CCCCN)C(=O)N[C@@H](Cc1c[nH]c2ccccc12)C(=O)N[C@@H](CCCCN)C(=O)N[C@@H](CCCCN)C(N)=O. The Bertz CT molecular complexity index is 4820. The molecule has 30 N–H and O–H groups in total. The van der Waals surface area contributed by atoms with E-state index in [0.717, 1.165) is 32.6 Å². The number of hydrogen-bond acceptors (Lipinski definition) is 28. The van der Waals surface area contributed by atoms with Crippen molar-refractivity contribution in [1.82, 2.24) is 52.4 Å². The smallest absolute Gasteiger partial charge is 0.310 e. The highest BCUT2D eigenvalue weighted by Crippen LogP contribution is 2.56. The van der Waals surface area contributed by atoms with Gasteiger partial charge in [0, 0.05) is 111 Å². The summed E-state index contributed by atoms with van der Waals surface area (Å²) in [5.74, 6) is -6.68. The second kappa shape index (κ2) is 53.2. The van der Waals surface area contributed by atoms with Crippen molar-refractivity contribution in [2.45, 2.75) is 195 Å². The number of nitrogens with two attached hydrogens (primary N) is 9. The number of guanidine groups is 2. The molecule has 44 heteroatoms. The molecule has 722 valence electrons. The third kappa shape index (κ3) is 31.4. The zero-order chi connectivity index (χ0) is 96.1. The van der Waals surface area contributed by atoms with Gasteiger partial charge in [-0.25, -0.2) is 0 Å². The number of aromatic hydroxyl groups is 1. The molecule has 4 aliphatic rings. The molecule has 12 amide bonds. The number of amides is 12. The maximum atomic E-state index is 14.7. The van der Waals surface area contributed by atoms with Crippen LogP contribution in [0.3, 0.4) is 0 Å². The minimum atomic E-state index is -1.33. The Balaban J connectivity index is 0.000000353. The molecule has 0 saturated carbocycles. The Labute approximate surface area is 774 Å². The number of fused-ring (bicyclic) bond motifs is 4. The van der Waals surface area contributed by atoms with E-state index in [0.29, 0.717) is 91.4 Å². The molecule has 132 heavy (non-hydrogen) atoms. The number of likely N-dealkylation sites (tertiary alicyclic amines) is 1. The van der Waals surface area contributed by atoms with Gasteiger partial charge in [0.2, 0.25) is 83.4 Å². The third-order valence-electron chi connectivity index (χ3n) is 22.5. The molecule has 1 unspecified atom stereocenters. The van der Waals surface area contributed by atoms with E-state index in [1.807, 2.05) is 55.5 Å². The van der Waals surface area contributed by atoms with Gasteiger partial charge in [-0.15, -0.1) is 11.8 Å². The Morgan fingerprint density at radius 3 is 1.63 bits per heavy atom. The van der Waals surface area contributed by atoms with Gasteiger partial charge in [-0.2, -0.15) is 11.8 Å². The van der Waals surface area contributed by atoms with Crippen molar-refractivity contribution in [2.24, 2.45) is 73.4 Å². The number of carbonyl (C=O) groups is 13. The summed E-state index contributed by atoms with van der Waals surface area (Å²) in [6, 6.07) is 12.7. The summed E-state index contributed by atoms with van der Waals surface area (Å²) in [4.78, 5) is 187. The number of imide groups is 1. The zero-order valence-electron chi connectivity index (χ0n) is 75.2. The largest absolute Gasteiger partial charge is 0.502 e. The first-order valence-electron chi connectivity index (χ1n) is 44.1. The maximum absolute atomic E-state index is 14.7. The van der Waals surface area contributed by atoms with Crippen molar-refractivity contribution in [1.29, 1.82) is 0 Å². The molecule has 2 saturated heterocycles. The van der Waals surface area contributed by atoms with Gasteiger partial charge in [0.25, 0.3) is 0 Å². The first-order chi connectivity index (χ1) is 63.3. The zero-order valence-corrected chi connectivity index (χ0v) is 76.8. The van der Waals surface area contributed by atoms with Gasteiger partial charge in [-0.1, -0.05) is 18.2 Å². The molecular formula is C88H129N23O19S2. The lowest BCUT2D eigenvalue weighted by Crippen LogP contribution is -2.60. The molecule has 3 aliphatic heterocycles. The van der Waals surface area contributed by atoms with Crippen molar-refractivity contribution in [2.75, 3.05) is 102 Å². The number of ether oxygens (including phenoxy) is 5. The molecule has 1 aromatic heterocycles. The number of anilines is 2. The van der Waals surface area contributed by atoms with Crippen LogP contribution in [0.15, 0.2) is 89.0 Å². The predicted molar refractivity (Wildman–Crippen MR) is 500 cm³/mol. The van der Waals surface area contributed by atoms with Gasteiger partial charge in [0.15, 0.2) is 34.9 Å². The number of primary amides is 1. The summed E-state index contributed by atoms with van der Waals surface area (Å²) in [5, 5.41) is 39.1. The van der Waals surface area contributed by atoms with E-state index in [9.17, 15) is 67.4 Å². The van der Waals surface area contributed by atoms with Crippen LogP contribution in [0.2, 0.25) is 0 Å². The highest BCUT2D eigenvalue weighted by atomic mass is 32.2. The van der Waals surface area contributed by atoms with Crippen LogP contribution in [0, 0.1) is 11.8 Å². The lowest BCUT2D eigenvalue weighted by molar-refractivity contribution is -0.142. The Morgan fingerprint density at radius 2 is 1.11 bits per heavy atom. The van der Waals surface area contributed by atoms with Crippen molar-refractivity contribution >= 4 is 135 Å². The summed E-state index contributed by atoms with van der Waals surface area (Å²) < 4.78 is 28.1. The van der Waals surface area contributed by atoms with E-state index in [1.54, 1.807) is 36.7 Å². The molecule has 4 heterocycles.